The van der Waals surface area contributed by atoms with Crippen LogP contribution in [0.5, 0.6) is 0 Å². The van der Waals surface area contributed by atoms with Gasteiger partial charge in [0.05, 0.1) is 6.54 Å². The zero-order valence-corrected chi connectivity index (χ0v) is 9.14. The summed E-state index contributed by atoms with van der Waals surface area (Å²) in [4.78, 5) is 22.4. The molecule has 5 nitrogen and oxygen atoms in total. The molecule has 1 atom stereocenters. The summed E-state index contributed by atoms with van der Waals surface area (Å²) in [6, 6.07) is -0.274. The van der Waals surface area contributed by atoms with Crippen molar-refractivity contribution in [2.45, 2.75) is 32.2 Å². The summed E-state index contributed by atoms with van der Waals surface area (Å²) < 4.78 is 0. The fraction of sp³-hybridized carbons (Fsp3) is 0.800. The Hall–Kier alpha value is -1.10. The van der Waals surface area contributed by atoms with E-state index in [4.69, 9.17) is 0 Å². The first-order chi connectivity index (χ1) is 7.24. The van der Waals surface area contributed by atoms with Crippen molar-refractivity contribution < 1.29 is 9.59 Å². The van der Waals surface area contributed by atoms with Crippen molar-refractivity contribution in [2.24, 2.45) is 0 Å². The zero-order chi connectivity index (χ0) is 11.1. The van der Waals surface area contributed by atoms with Gasteiger partial charge < -0.3 is 10.6 Å². The van der Waals surface area contributed by atoms with Crippen molar-refractivity contribution in [3.8, 4) is 0 Å². The number of rotatable bonds is 5. The van der Waals surface area contributed by atoms with E-state index in [0.29, 0.717) is 6.54 Å². The van der Waals surface area contributed by atoms with Gasteiger partial charge in [0.15, 0.2) is 0 Å². The summed E-state index contributed by atoms with van der Waals surface area (Å²) in [6.45, 7) is 3.46. The van der Waals surface area contributed by atoms with Crippen molar-refractivity contribution in [2.75, 3.05) is 19.6 Å². The lowest BCUT2D eigenvalue weighted by molar-refractivity contribution is -0.126. The molecule has 0 aromatic heterocycles. The Labute approximate surface area is 90.0 Å². The van der Waals surface area contributed by atoms with Gasteiger partial charge in [-0.2, -0.15) is 0 Å². The first-order valence-electron chi connectivity index (χ1n) is 5.52. The second kappa shape index (κ2) is 6.40. The van der Waals surface area contributed by atoms with Crippen molar-refractivity contribution in [1.29, 1.82) is 0 Å². The molecule has 2 amide bonds. The van der Waals surface area contributed by atoms with Gasteiger partial charge in [-0.15, -0.1) is 0 Å². The SMILES string of the molecule is CCCCCNC(=O)C1CNC(=O)CN1. The molecule has 5 heteroatoms. The highest BCUT2D eigenvalue weighted by Gasteiger charge is 2.22. The highest BCUT2D eigenvalue weighted by molar-refractivity contribution is 5.86. The van der Waals surface area contributed by atoms with Gasteiger partial charge in [-0.1, -0.05) is 19.8 Å². The van der Waals surface area contributed by atoms with E-state index in [1.165, 1.54) is 0 Å². The third-order valence-electron chi connectivity index (χ3n) is 2.41. The van der Waals surface area contributed by atoms with Crippen LogP contribution in [0.15, 0.2) is 0 Å². The fourth-order valence-corrected chi connectivity index (χ4v) is 1.46. The first-order valence-corrected chi connectivity index (χ1v) is 5.52. The van der Waals surface area contributed by atoms with Gasteiger partial charge in [0, 0.05) is 13.1 Å². The molecule has 86 valence electrons. The number of hydrogen-bond donors (Lipinski definition) is 3. The monoisotopic (exact) mass is 213 g/mol. The third-order valence-corrected chi connectivity index (χ3v) is 2.41. The quantitative estimate of drug-likeness (QED) is 0.533. The third kappa shape index (κ3) is 4.29. The van der Waals surface area contributed by atoms with E-state index in [9.17, 15) is 9.59 Å². The standard InChI is InChI=1S/C10H19N3O2/c1-2-3-4-5-11-10(15)8-6-13-9(14)7-12-8/h8,12H,2-7H2,1H3,(H,11,15)(H,13,14). The van der Waals surface area contributed by atoms with Crippen LogP contribution in [-0.4, -0.2) is 37.5 Å². The van der Waals surface area contributed by atoms with Crippen molar-refractivity contribution in [3.05, 3.63) is 0 Å². The van der Waals surface area contributed by atoms with Crippen molar-refractivity contribution in [3.63, 3.8) is 0 Å². The van der Waals surface area contributed by atoms with Crippen molar-refractivity contribution >= 4 is 11.8 Å². The Morgan fingerprint density at radius 1 is 1.53 bits per heavy atom. The van der Waals surface area contributed by atoms with Gasteiger partial charge >= 0.3 is 0 Å². The molecule has 0 aromatic carbocycles. The van der Waals surface area contributed by atoms with Crippen LogP contribution in [0.3, 0.4) is 0 Å². The average Bonchev–Trinajstić information content (AvgIpc) is 2.25. The van der Waals surface area contributed by atoms with Crippen LogP contribution in [0.1, 0.15) is 26.2 Å². The molecule has 1 aliphatic rings. The Morgan fingerprint density at radius 3 is 2.93 bits per heavy atom. The van der Waals surface area contributed by atoms with Crippen LogP contribution in [0.2, 0.25) is 0 Å². The molecule has 0 bridgehead atoms. The maximum Gasteiger partial charge on any atom is 0.238 e. The van der Waals surface area contributed by atoms with Crippen molar-refractivity contribution in [1.82, 2.24) is 16.0 Å². The number of hydrogen-bond acceptors (Lipinski definition) is 3. The van der Waals surface area contributed by atoms with Crippen LogP contribution >= 0.6 is 0 Å². The maximum absolute atomic E-state index is 11.5. The Balaban J connectivity index is 2.14. The molecule has 1 saturated heterocycles. The van der Waals surface area contributed by atoms with Gasteiger partial charge in [-0.05, 0) is 6.42 Å². The van der Waals surface area contributed by atoms with E-state index < -0.39 is 0 Å². The van der Waals surface area contributed by atoms with Gasteiger partial charge in [0.1, 0.15) is 6.04 Å². The smallest absolute Gasteiger partial charge is 0.238 e. The van der Waals surface area contributed by atoms with Crippen LogP contribution in [0.4, 0.5) is 0 Å². The molecule has 1 aliphatic heterocycles. The number of nitrogens with one attached hydrogen (secondary N) is 3. The summed E-state index contributed by atoms with van der Waals surface area (Å²) in [5, 5.41) is 8.39. The Bertz CT molecular complexity index is 221. The summed E-state index contributed by atoms with van der Waals surface area (Å²) in [5.41, 5.74) is 0. The van der Waals surface area contributed by atoms with E-state index in [1.54, 1.807) is 0 Å². The Morgan fingerprint density at radius 2 is 2.33 bits per heavy atom. The second-order valence-electron chi connectivity index (χ2n) is 3.74. The van der Waals surface area contributed by atoms with E-state index >= 15 is 0 Å². The lowest BCUT2D eigenvalue weighted by Crippen LogP contribution is -2.58. The zero-order valence-electron chi connectivity index (χ0n) is 9.14. The molecular formula is C10H19N3O2. The minimum absolute atomic E-state index is 0.0221. The van der Waals surface area contributed by atoms with E-state index in [-0.39, 0.29) is 24.4 Å². The molecule has 0 spiro atoms. The van der Waals surface area contributed by atoms with Gasteiger partial charge in [-0.25, -0.2) is 0 Å². The largest absolute Gasteiger partial charge is 0.355 e. The molecule has 0 aliphatic carbocycles. The van der Waals surface area contributed by atoms with E-state index in [2.05, 4.69) is 22.9 Å². The number of carbonyl (C=O) groups is 2. The normalized spacial score (nSPS) is 20.9. The maximum atomic E-state index is 11.5. The van der Waals surface area contributed by atoms with Crippen LogP contribution < -0.4 is 16.0 Å². The van der Waals surface area contributed by atoms with E-state index in [0.717, 1.165) is 25.8 Å². The van der Waals surface area contributed by atoms with Gasteiger partial charge in [0.25, 0.3) is 0 Å². The number of amides is 2. The summed E-state index contributed by atoms with van der Waals surface area (Å²) in [5.74, 6) is -0.0730. The molecule has 0 radical (unpaired) electrons. The lowest BCUT2D eigenvalue weighted by Gasteiger charge is -2.23. The molecule has 1 heterocycles. The molecule has 1 unspecified atom stereocenters. The summed E-state index contributed by atoms with van der Waals surface area (Å²) >= 11 is 0. The minimum Gasteiger partial charge on any atom is -0.355 e. The molecule has 15 heavy (non-hydrogen) atoms. The van der Waals surface area contributed by atoms with Gasteiger partial charge in [0.2, 0.25) is 11.8 Å². The predicted octanol–water partition coefficient (Wildman–Crippen LogP) is -0.619. The average molecular weight is 213 g/mol. The molecule has 0 aromatic rings. The minimum atomic E-state index is -0.274. The highest BCUT2D eigenvalue weighted by Crippen LogP contribution is 1.93. The topological polar surface area (TPSA) is 70.2 Å². The van der Waals surface area contributed by atoms with Crippen LogP contribution in [0.25, 0.3) is 0 Å². The van der Waals surface area contributed by atoms with Crippen LogP contribution in [0, 0.1) is 0 Å². The number of unbranched alkanes of at least 4 members (excludes halogenated alkanes) is 2. The second-order valence-corrected chi connectivity index (χ2v) is 3.74. The predicted molar refractivity (Wildman–Crippen MR) is 57.3 cm³/mol. The molecule has 0 saturated carbocycles. The fourth-order valence-electron chi connectivity index (χ4n) is 1.46. The molecule has 1 fully saturated rings. The molecular weight excluding hydrogens is 194 g/mol. The Kier molecular flexibility index (Phi) is 5.10. The summed E-state index contributed by atoms with van der Waals surface area (Å²) in [6.07, 6.45) is 3.30. The molecule has 3 N–H and O–H groups in total. The summed E-state index contributed by atoms with van der Waals surface area (Å²) in [7, 11) is 0. The van der Waals surface area contributed by atoms with E-state index in [1.807, 2.05) is 0 Å². The highest BCUT2D eigenvalue weighted by atomic mass is 16.2. The molecule has 1 rings (SSSR count). The number of piperazine rings is 1. The lowest BCUT2D eigenvalue weighted by atomic mass is 10.2. The van der Waals surface area contributed by atoms with Crippen LogP contribution in [-0.2, 0) is 9.59 Å². The first kappa shape index (κ1) is 12.0. The van der Waals surface area contributed by atoms with Gasteiger partial charge in [-0.3, -0.25) is 14.9 Å². The number of carbonyl (C=O) groups excluding carboxylic acids is 2.